The first-order chi connectivity index (χ1) is 15.7. The molecule has 1 N–H and O–H groups in total. The van der Waals surface area contributed by atoms with Crippen LogP contribution in [-0.2, 0) is 0 Å². The van der Waals surface area contributed by atoms with E-state index >= 15 is 0 Å². The molecule has 0 spiro atoms. The van der Waals surface area contributed by atoms with E-state index in [9.17, 15) is 9.59 Å². The molecule has 0 bridgehead atoms. The Morgan fingerprint density at radius 3 is 2.56 bits per heavy atom. The average Bonchev–Trinajstić information content (AvgIpc) is 2.84. The lowest BCUT2D eigenvalue weighted by Crippen LogP contribution is -2.49. The van der Waals surface area contributed by atoms with E-state index in [1.165, 1.54) is 0 Å². The number of carbonyl (C=O) groups excluding carboxylic acids is 1. The summed E-state index contributed by atoms with van der Waals surface area (Å²) < 4.78 is 5.31. The number of nitrogens with zero attached hydrogens (tertiary/aromatic N) is 5. The second-order valence-corrected chi connectivity index (χ2v) is 7.41. The maximum atomic E-state index is 12.9. The van der Waals surface area contributed by atoms with Crippen LogP contribution in [0.25, 0.3) is 11.0 Å². The molecule has 1 aliphatic rings. The zero-order valence-corrected chi connectivity index (χ0v) is 17.1. The SMILES string of the molecule is O=C(c1cc2ccccc2oc1=O)N1CCN(c2ccc(Nc3cccnc3)nn2)CC1. The molecule has 1 fully saturated rings. The normalized spacial score (nSPS) is 13.9. The van der Waals surface area contributed by atoms with Crippen LogP contribution in [0.2, 0.25) is 0 Å². The maximum absolute atomic E-state index is 12.9. The van der Waals surface area contributed by atoms with Crippen molar-refractivity contribution in [3.8, 4) is 0 Å². The van der Waals surface area contributed by atoms with E-state index in [-0.39, 0.29) is 11.5 Å². The Hall–Kier alpha value is -4.27. The Morgan fingerprint density at radius 1 is 0.969 bits per heavy atom. The number of anilines is 3. The molecule has 0 saturated carbocycles. The summed E-state index contributed by atoms with van der Waals surface area (Å²) in [6.45, 7) is 2.13. The van der Waals surface area contributed by atoms with Crippen molar-refractivity contribution in [1.29, 1.82) is 0 Å². The number of pyridine rings is 1. The summed E-state index contributed by atoms with van der Waals surface area (Å²) in [5.74, 6) is 1.05. The van der Waals surface area contributed by atoms with Gasteiger partial charge in [0.1, 0.15) is 11.1 Å². The lowest BCUT2D eigenvalue weighted by atomic mass is 10.1. The largest absolute Gasteiger partial charge is 0.422 e. The highest BCUT2D eigenvalue weighted by molar-refractivity contribution is 5.96. The van der Waals surface area contributed by atoms with Gasteiger partial charge in [-0.25, -0.2) is 4.79 Å². The minimum Gasteiger partial charge on any atom is -0.422 e. The van der Waals surface area contributed by atoms with Crippen LogP contribution in [0.1, 0.15) is 10.4 Å². The Bertz CT molecular complexity index is 1300. The molecule has 0 aliphatic carbocycles. The molecule has 1 aromatic carbocycles. The Morgan fingerprint density at radius 2 is 1.81 bits per heavy atom. The standard InChI is InChI=1S/C23H20N6O3/c30-22(18-14-16-4-1-2-6-19(16)32-23(18)31)29-12-10-28(11-13-29)21-8-7-20(26-27-21)25-17-5-3-9-24-15-17/h1-9,14-15H,10-13H2,(H,25,26). The first kappa shape index (κ1) is 19.7. The van der Waals surface area contributed by atoms with Crippen LogP contribution in [-0.4, -0.2) is 52.2 Å². The van der Waals surface area contributed by atoms with E-state index in [1.54, 1.807) is 35.5 Å². The fourth-order valence-electron chi connectivity index (χ4n) is 3.67. The van der Waals surface area contributed by atoms with Crippen LogP contribution in [0, 0.1) is 0 Å². The summed E-state index contributed by atoms with van der Waals surface area (Å²) >= 11 is 0. The molecule has 4 aromatic rings. The van der Waals surface area contributed by atoms with Crippen molar-refractivity contribution in [2.24, 2.45) is 0 Å². The predicted octanol–water partition coefficient (Wildman–Crippen LogP) is 2.68. The molecule has 0 unspecified atom stereocenters. The topological polar surface area (TPSA) is 104 Å². The van der Waals surface area contributed by atoms with Gasteiger partial charge in [0.25, 0.3) is 5.91 Å². The highest BCUT2D eigenvalue weighted by atomic mass is 16.4. The summed E-state index contributed by atoms with van der Waals surface area (Å²) in [7, 11) is 0. The van der Waals surface area contributed by atoms with Crippen molar-refractivity contribution in [2.45, 2.75) is 0 Å². The molecule has 0 atom stereocenters. The summed E-state index contributed by atoms with van der Waals surface area (Å²) in [4.78, 5) is 33.0. The quantitative estimate of drug-likeness (QED) is 0.495. The monoisotopic (exact) mass is 428 g/mol. The zero-order valence-electron chi connectivity index (χ0n) is 17.1. The minimum absolute atomic E-state index is 0.0581. The highest BCUT2D eigenvalue weighted by Crippen LogP contribution is 2.18. The molecule has 1 aliphatic heterocycles. The number of amides is 1. The second-order valence-electron chi connectivity index (χ2n) is 7.41. The molecule has 9 nitrogen and oxygen atoms in total. The van der Waals surface area contributed by atoms with Gasteiger partial charge in [0.2, 0.25) is 0 Å². The van der Waals surface area contributed by atoms with E-state index in [1.807, 2.05) is 36.4 Å². The average molecular weight is 428 g/mol. The van der Waals surface area contributed by atoms with Crippen molar-refractivity contribution in [1.82, 2.24) is 20.1 Å². The number of fused-ring (bicyclic) bond motifs is 1. The number of hydrogen-bond donors (Lipinski definition) is 1. The molecule has 5 rings (SSSR count). The van der Waals surface area contributed by atoms with Crippen molar-refractivity contribution in [3.63, 3.8) is 0 Å². The van der Waals surface area contributed by atoms with Gasteiger partial charge in [0, 0.05) is 37.8 Å². The van der Waals surface area contributed by atoms with Crippen molar-refractivity contribution in [3.05, 3.63) is 83.0 Å². The van der Waals surface area contributed by atoms with Gasteiger partial charge in [-0.3, -0.25) is 9.78 Å². The predicted molar refractivity (Wildman–Crippen MR) is 120 cm³/mol. The number of carbonyl (C=O) groups is 1. The molecular formula is C23H20N6O3. The van der Waals surface area contributed by atoms with Gasteiger partial charge in [0.15, 0.2) is 11.6 Å². The fourth-order valence-corrected chi connectivity index (χ4v) is 3.67. The number of nitrogens with one attached hydrogen (secondary N) is 1. The van der Waals surface area contributed by atoms with Crippen LogP contribution >= 0.6 is 0 Å². The summed E-state index contributed by atoms with van der Waals surface area (Å²) in [6, 6.07) is 16.2. The molecule has 32 heavy (non-hydrogen) atoms. The number of benzene rings is 1. The molecule has 1 saturated heterocycles. The van der Waals surface area contributed by atoms with Gasteiger partial charge < -0.3 is 19.5 Å². The molecule has 4 heterocycles. The van der Waals surface area contributed by atoms with Crippen LogP contribution in [0.15, 0.2) is 76.2 Å². The van der Waals surface area contributed by atoms with E-state index in [0.717, 1.165) is 16.9 Å². The number of hydrogen-bond acceptors (Lipinski definition) is 8. The molecule has 9 heteroatoms. The van der Waals surface area contributed by atoms with Crippen molar-refractivity contribution < 1.29 is 9.21 Å². The molecule has 160 valence electrons. The zero-order chi connectivity index (χ0) is 21.9. The van der Waals surface area contributed by atoms with Crippen molar-refractivity contribution >= 4 is 34.2 Å². The van der Waals surface area contributed by atoms with Gasteiger partial charge in [-0.05, 0) is 36.4 Å². The summed E-state index contributed by atoms with van der Waals surface area (Å²) in [5.41, 5.74) is 0.750. The fraction of sp³-hybridized carbons (Fsp3) is 0.174. The molecule has 1 amide bonds. The smallest absolute Gasteiger partial charge is 0.349 e. The van der Waals surface area contributed by atoms with Gasteiger partial charge in [-0.15, -0.1) is 10.2 Å². The maximum Gasteiger partial charge on any atom is 0.349 e. The third kappa shape index (κ3) is 4.00. The van der Waals surface area contributed by atoms with Crippen molar-refractivity contribution in [2.75, 3.05) is 36.4 Å². The Kier molecular flexibility index (Phi) is 5.20. The highest BCUT2D eigenvalue weighted by Gasteiger charge is 2.25. The van der Waals surface area contributed by atoms with E-state index < -0.39 is 5.63 Å². The van der Waals surface area contributed by atoms with Gasteiger partial charge >= 0.3 is 5.63 Å². The van der Waals surface area contributed by atoms with E-state index in [0.29, 0.717) is 37.6 Å². The molecular weight excluding hydrogens is 408 g/mol. The Balaban J connectivity index is 1.24. The third-order valence-electron chi connectivity index (χ3n) is 5.35. The van der Waals surface area contributed by atoms with Crippen LogP contribution < -0.4 is 15.8 Å². The van der Waals surface area contributed by atoms with Gasteiger partial charge in [0.05, 0.1) is 11.9 Å². The van der Waals surface area contributed by atoms with E-state index in [2.05, 4.69) is 25.4 Å². The number of rotatable bonds is 4. The van der Waals surface area contributed by atoms with Gasteiger partial charge in [-0.2, -0.15) is 0 Å². The van der Waals surface area contributed by atoms with Gasteiger partial charge in [-0.1, -0.05) is 18.2 Å². The summed E-state index contributed by atoms with van der Waals surface area (Å²) in [6.07, 6.45) is 3.42. The number of para-hydroxylation sites is 1. The summed E-state index contributed by atoms with van der Waals surface area (Å²) in [5, 5.41) is 12.4. The molecule has 0 radical (unpaired) electrons. The minimum atomic E-state index is -0.612. The lowest BCUT2D eigenvalue weighted by Gasteiger charge is -2.35. The number of aromatic nitrogens is 3. The second kappa shape index (κ2) is 8.46. The van der Waals surface area contributed by atoms with Crippen LogP contribution in [0.3, 0.4) is 0 Å². The van der Waals surface area contributed by atoms with Crippen LogP contribution in [0.4, 0.5) is 17.3 Å². The first-order valence-electron chi connectivity index (χ1n) is 10.3. The molecule has 3 aromatic heterocycles. The number of piperazine rings is 1. The lowest BCUT2D eigenvalue weighted by molar-refractivity contribution is 0.0742. The first-order valence-corrected chi connectivity index (χ1v) is 10.3. The Labute approximate surface area is 183 Å². The third-order valence-corrected chi connectivity index (χ3v) is 5.35. The van der Waals surface area contributed by atoms with Crippen LogP contribution in [0.5, 0.6) is 0 Å². The van der Waals surface area contributed by atoms with E-state index in [4.69, 9.17) is 4.42 Å².